The topological polar surface area (TPSA) is 49.4 Å². The van der Waals surface area contributed by atoms with E-state index in [4.69, 9.17) is 0 Å². The van der Waals surface area contributed by atoms with Gasteiger partial charge in [0.1, 0.15) is 0 Å². The Morgan fingerprint density at radius 3 is 2.42 bits per heavy atom. The van der Waals surface area contributed by atoms with Gasteiger partial charge < -0.3 is 0 Å². The maximum atomic E-state index is 11.3. The van der Waals surface area contributed by atoms with Crippen LogP contribution in [0.4, 0.5) is 0 Å². The van der Waals surface area contributed by atoms with Gasteiger partial charge in [-0.25, -0.2) is 13.1 Å². The second-order valence-electron chi connectivity index (χ2n) is 3.52. The molecule has 1 heterocycles. The Morgan fingerprint density at radius 2 is 2.00 bits per heavy atom. The molecule has 1 saturated carbocycles. The zero-order valence-corrected chi connectivity index (χ0v) is 7.81. The lowest BCUT2D eigenvalue weighted by Gasteiger charge is -2.30. The highest BCUT2D eigenvalue weighted by molar-refractivity contribution is 7.90. The number of sulfonamides is 1. The summed E-state index contributed by atoms with van der Waals surface area (Å²) in [6, 6.07) is 0. The molecule has 1 N–H and O–H groups in total. The molecule has 0 spiro atoms. The summed E-state index contributed by atoms with van der Waals surface area (Å²) in [4.78, 5) is 2.10. The maximum Gasteiger partial charge on any atom is 0.215 e. The van der Waals surface area contributed by atoms with E-state index in [2.05, 4.69) is 9.62 Å². The molecule has 2 aliphatic rings. The zero-order valence-electron chi connectivity index (χ0n) is 6.99. The monoisotopic (exact) mass is 190 g/mol. The first-order valence-corrected chi connectivity index (χ1v) is 5.94. The molecule has 0 aromatic heterocycles. The van der Waals surface area contributed by atoms with Crippen LogP contribution in [0.5, 0.6) is 0 Å². The Balaban J connectivity index is 1.77. The molecule has 0 amide bonds. The molecule has 1 aliphatic heterocycles. The van der Waals surface area contributed by atoms with Crippen molar-refractivity contribution in [2.45, 2.75) is 24.5 Å². The molecule has 0 bridgehead atoms. The minimum absolute atomic E-state index is 0.0845. The van der Waals surface area contributed by atoms with Gasteiger partial charge in [0, 0.05) is 13.1 Å². The molecule has 2 fully saturated rings. The summed E-state index contributed by atoms with van der Waals surface area (Å²) < 4.78 is 25.2. The molecule has 0 atom stereocenters. The number of nitrogens with one attached hydrogen (secondary N) is 1. The van der Waals surface area contributed by atoms with Crippen LogP contribution in [0.3, 0.4) is 0 Å². The molecule has 70 valence electrons. The molecule has 12 heavy (non-hydrogen) atoms. The summed E-state index contributed by atoms with van der Waals surface area (Å²) in [6.07, 6.45) is 2.88. The van der Waals surface area contributed by atoms with Gasteiger partial charge in [0.2, 0.25) is 10.0 Å². The quantitative estimate of drug-likeness (QED) is 0.664. The van der Waals surface area contributed by atoms with E-state index in [0.717, 1.165) is 25.9 Å². The van der Waals surface area contributed by atoms with E-state index in [-0.39, 0.29) is 5.25 Å². The van der Waals surface area contributed by atoms with Gasteiger partial charge in [-0.3, -0.25) is 4.90 Å². The molecule has 0 aromatic rings. The van der Waals surface area contributed by atoms with Crippen LogP contribution in [0.15, 0.2) is 0 Å². The van der Waals surface area contributed by atoms with Crippen LogP contribution in [0, 0.1) is 0 Å². The second kappa shape index (κ2) is 2.97. The molecule has 1 aliphatic carbocycles. The van der Waals surface area contributed by atoms with E-state index < -0.39 is 10.0 Å². The molecular formula is C7H14N2O2S. The second-order valence-corrected chi connectivity index (χ2v) is 5.56. The van der Waals surface area contributed by atoms with Crippen LogP contribution in [0.1, 0.15) is 19.3 Å². The van der Waals surface area contributed by atoms with Crippen molar-refractivity contribution in [3.05, 3.63) is 0 Å². The van der Waals surface area contributed by atoms with Crippen molar-refractivity contribution in [1.29, 1.82) is 0 Å². The van der Waals surface area contributed by atoms with Crippen molar-refractivity contribution in [3.8, 4) is 0 Å². The van der Waals surface area contributed by atoms with E-state index in [1.807, 2.05) is 0 Å². The van der Waals surface area contributed by atoms with Crippen LogP contribution in [0.2, 0.25) is 0 Å². The molecule has 0 radical (unpaired) electrons. The highest BCUT2D eigenvalue weighted by Crippen LogP contribution is 2.27. The maximum absolute atomic E-state index is 11.3. The largest absolute Gasteiger partial charge is 0.290 e. The number of hydrogen-bond donors (Lipinski definition) is 1. The predicted octanol–water partition coefficient (Wildman–Crippen LogP) is -0.269. The van der Waals surface area contributed by atoms with Crippen LogP contribution >= 0.6 is 0 Å². The lowest BCUT2D eigenvalue weighted by atomic mass is 10.2. The van der Waals surface area contributed by atoms with Gasteiger partial charge >= 0.3 is 0 Å². The minimum Gasteiger partial charge on any atom is -0.290 e. The van der Waals surface area contributed by atoms with E-state index in [9.17, 15) is 8.42 Å². The van der Waals surface area contributed by atoms with Gasteiger partial charge in [0.05, 0.1) is 11.9 Å². The predicted molar refractivity (Wildman–Crippen MR) is 46.1 cm³/mol. The van der Waals surface area contributed by atoms with Gasteiger partial charge in [-0.1, -0.05) is 0 Å². The fraction of sp³-hybridized carbons (Fsp3) is 1.00. The average molecular weight is 190 g/mol. The lowest BCUT2D eigenvalue weighted by Crippen LogP contribution is -2.45. The van der Waals surface area contributed by atoms with Crippen LogP contribution in [0.25, 0.3) is 0 Å². The van der Waals surface area contributed by atoms with Crippen molar-refractivity contribution in [2.24, 2.45) is 0 Å². The number of nitrogens with zero attached hydrogens (tertiary/aromatic N) is 1. The molecule has 0 aromatic carbocycles. The van der Waals surface area contributed by atoms with Crippen LogP contribution < -0.4 is 4.72 Å². The van der Waals surface area contributed by atoms with E-state index >= 15 is 0 Å². The molecule has 1 saturated heterocycles. The van der Waals surface area contributed by atoms with Gasteiger partial charge in [-0.2, -0.15) is 0 Å². The highest BCUT2D eigenvalue weighted by Gasteiger charge is 2.35. The molecule has 4 nitrogen and oxygen atoms in total. The van der Waals surface area contributed by atoms with Crippen LogP contribution in [-0.2, 0) is 10.0 Å². The van der Waals surface area contributed by atoms with Crippen LogP contribution in [-0.4, -0.2) is 38.3 Å². The standard InChI is InChI=1S/C7H14N2O2S/c10-12(11,7-2-3-7)8-6-9-4-1-5-9/h7-8H,1-6H2. The third kappa shape index (κ3) is 1.78. The van der Waals surface area contributed by atoms with Gasteiger partial charge in [-0.05, 0) is 19.3 Å². The number of likely N-dealkylation sites (tertiary alicyclic amines) is 1. The molecular weight excluding hydrogens is 176 g/mol. The van der Waals surface area contributed by atoms with Gasteiger partial charge in [0.15, 0.2) is 0 Å². The fourth-order valence-electron chi connectivity index (χ4n) is 1.22. The third-order valence-corrected chi connectivity index (χ3v) is 4.28. The Kier molecular flexibility index (Phi) is 2.10. The Labute approximate surface area is 73.0 Å². The Morgan fingerprint density at radius 1 is 1.33 bits per heavy atom. The molecule has 0 unspecified atom stereocenters. The third-order valence-electron chi connectivity index (χ3n) is 2.40. The lowest BCUT2D eigenvalue weighted by molar-refractivity contribution is 0.179. The Bertz CT molecular complexity index is 255. The number of hydrogen-bond acceptors (Lipinski definition) is 3. The van der Waals surface area contributed by atoms with Crippen molar-refractivity contribution in [2.75, 3.05) is 19.8 Å². The minimum atomic E-state index is -2.95. The van der Waals surface area contributed by atoms with E-state index in [0.29, 0.717) is 6.67 Å². The van der Waals surface area contributed by atoms with Crippen molar-refractivity contribution < 1.29 is 8.42 Å². The van der Waals surface area contributed by atoms with E-state index in [1.54, 1.807) is 0 Å². The first kappa shape index (κ1) is 8.47. The average Bonchev–Trinajstić information content (AvgIpc) is 2.62. The highest BCUT2D eigenvalue weighted by atomic mass is 32.2. The zero-order chi connectivity index (χ0) is 8.60. The van der Waals surface area contributed by atoms with Crippen molar-refractivity contribution in [1.82, 2.24) is 9.62 Å². The summed E-state index contributed by atoms with van der Waals surface area (Å²) in [5.74, 6) is 0. The summed E-state index contributed by atoms with van der Waals surface area (Å²) >= 11 is 0. The summed E-state index contributed by atoms with van der Waals surface area (Å²) in [6.45, 7) is 2.58. The summed E-state index contributed by atoms with van der Waals surface area (Å²) in [7, 11) is -2.95. The normalized spacial score (nSPS) is 25.3. The smallest absolute Gasteiger partial charge is 0.215 e. The van der Waals surface area contributed by atoms with Crippen molar-refractivity contribution in [3.63, 3.8) is 0 Å². The van der Waals surface area contributed by atoms with Crippen molar-refractivity contribution >= 4 is 10.0 Å². The first-order valence-electron chi connectivity index (χ1n) is 4.39. The van der Waals surface area contributed by atoms with Gasteiger partial charge in [-0.15, -0.1) is 0 Å². The van der Waals surface area contributed by atoms with Gasteiger partial charge in [0.25, 0.3) is 0 Å². The fourth-order valence-corrected chi connectivity index (χ4v) is 2.57. The molecule has 5 heteroatoms. The Hall–Kier alpha value is -0.130. The first-order chi connectivity index (χ1) is 5.68. The summed E-state index contributed by atoms with van der Waals surface area (Å²) in [5, 5.41) is -0.0845. The van der Waals surface area contributed by atoms with E-state index in [1.165, 1.54) is 6.42 Å². The number of rotatable bonds is 4. The SMILES string of the molecule is O=S(=O)(NCN1CCC1)C1CC1. The molecule has 2 rings (SSSR count). The summed E-state index contributed by atoms with van der Waals surface area (Å²) in [5.41, 5.74) is 0.